The molecule has 0 unspecified atom stereocenters. The quantitative estimate of drug-likeness (QED) is 0.488. The molecule has 0 aliphatic carbocycles. The molecule has 0 amide bonds. The van der Waals surface area contributed by atoms with E-state index in [2.05, 4.69) is 25.4 Å². The molecule has 3 aromatic heterocycles. The number of rotatable bonds is 2. The predicted molar refractivity (Wildman–Crippen MR) is 102 cm³/mol. The Labute approximate surface area is 168 Å². The fourth-order valence-corrected chi connectivity index (χ4v) is 3.89. The topological polar surface area (TPSA) is 74.3 Å². The van der Waals surface area contributed by atoms with Crippen molar-refractivity contribution in [2.24, 2.45) is 0 Å². The number of aromatic nitrogens is 7. The van der Waals surface area contributed by atoms with Gasteiger partial charge in [-0.15, -0.1) is 20.4 Å². The monoisotopic (exact) mass is 415 g/mol. The van der Waals surface area contributed by atoms with Gasteiger partial charge >= 0.3 is 0 Å². The van der Waals surface area contributed by atoms with E-state index in [4.69, 9.17) is 23.2 Å². The molecule has 1 aliphatic rings. The van der Waals surface area contributed by atoms with Gasteiger partial charge in [0.15, 0.2) is 11.6 Å². The Morgan fingerprint density at radius 3 is 2.46 bits per heavy atom. The molecule has 5 rings (SSSR count). The summed E-state index contributed by atoms with van der Waals surface area (Å²) in [5.41, 5.74) is 1.28. The summed E-state index contributed by atoms with van der Waals surface area (Å²) in [6, 6.07) is 8.19. The summed E-state index contributed by atoms with van der Waals surface area (Å²) in [6.07, 6.45) is 1.16. The minimum absolute atomic E-state index is 0.00874. The van der Waals surface area contributed by atoms with Gasteiger partial charge in [-0.25, -0.2) is 9.37 Å². The van der Waals surface area contributed by atoms with Gasteiger partial charge in [0.05, 0.1) is 17.3 Å². The summed E-state index contributed by atoms with van der Waals surface area (Å²) >= 11 is 12.4. The highest BCUT2D eigenvalue weighted by atomic mass is 35.5. The largest absolute Gasteiger partial charge is 0.301 e. The fourth-order valence-electron chi connectivity index (χ4n) is 3.40. The van der Waals surface area contributed by atoms with E-state index in [1.54, 1.807) is 18.2 Å². The number of hydrogen-bond donors (Lipinski definition) is 0. The van der Waals surface area contributed by atoms with Gasteiger partial charge < -0.3 is 4.57 Å². The SMILES string of the molecule is C[C@H]1Cn2c(-c3ccc(F)cn3)nnc2-c2nnc(-c3ccc(Cl)cc3Cl)n21. The molecule has 0 fully saturated rings. The van der Waals surface area contributed by atoms with Crippen LogP contribution in [0.25, 0.3) is 34.6 Å². The third-order valence-corrected chi connectivity index (χ3v) is 5.21. The van der Waals surface area contributed by atoms with E-state index in [1.165, 1.54) is 6.07 Å². The fraction of sp³-hybridized carbons (Fsp3) is 0.167. The second kappa shape index (κ2) is 6.35. The van der Waals surface area contributed by atoms with Crippen LogP contribution in [0.5, 0.6) is 0 Å². The van der Waals surface area contributed by atoms with E-state index < -0.39 is 5.82 Å². The molecule has 1 aromatic carbocycles. The number of hydrogen-bond acceptors (Lipinski definition) is 5. The second-order valence-electron chi connectivity index (χ2n) is 6.51. The molecule has 4 aromatic rings. The van der Waals surface area contributed by atoms with Crippen molar-refractivity contribution >= 4 is 23.2 Å². The summed E-state index contributed by atoms with van der Waals surface area (Å²) in [6.45, 7) is 2.63. The zero-order valence-electron chi connectivity index (χ0n) is 14.5. The van der Waals surface area contributed by atoms with Crippen LogP contribution in [0.4, 0.5) is 4.39 Å². The molecule has 140 valence electrons. The molecule has 1 atom stereocenters. The van der Waals surface area contributed by atoms with E-state index in [1.807, 2.05) is 22.1 Å². The van der Waals surface area contributed by atoms with Gasteiger partial charge in [0.25, 0.3) is 0 Å². The zero-order valence-corrected chi connectivity index (χ0v) is 16.0. The Hall–Kier alpha value is -2.84. The van der Waals surface area contributed by atoms with Crippen molar-refractivity contribution in [2.45, 2.75) is 19.5 Å². The van der Waals surface area contributed by atoms with Crippen LogP contribution in [-0.2, 0) is 6.54 Å². The predicted octanol–water partition coefficient (Wildman–Crippen LogP) is 4.29. The van der Waals surface area contributed by atoms with Gasteiger partial charge in [0, 0.05) is 17.1 Å². The van der Waals surface area contributed by atoms with Crippen LogP contribution in [0.1, 0.15) is 13.0 Å². The van der Waals surface area contributed by atoms with Crippen molar-refractivity contribution in [3.8, 4) is 34.6 Å². The van der Waals surface area contributed by atoms with Crippen molar-refractivity contribution < 1.29 is 4.39 Å². The molecule has 0 spiro atoms. The molecule has 1 aliphatic heterocycles. The smallest absolute Gasteiger partial charge is 0.202 e. The molecule has 0 saturated heterocycles. The average Bonchev–Trinajstić information content (AvgIpc) is 3.27. The van der Waals surface area contributed by atoms with E-state index in [0.29, 0.717) is 45.6 Å². The maximum Gasteiger partial charge on any atom is 0.202 e. The van der Waals surface area contributed by atoms with Crippen LogP contribution in [0.15, 0.2) is 36.5 Å². The van der Waals surface area contributed by atoms with Gasteiger partial charge in [-0.3, -0.25) is 4.57 Å². The third-order valence-electron chi connectivity index (χ3n) is 4.66. The first-order valence-corrected chi connectivity index (χ1v) is 9.24. The standard InChI is InChI=1S/C18H12Cl2FN7/c1-9-8-27-16(14-5-3-11(21)7-22-14)24-25-17(27)18-26-23-15(28(9)18)12-4-2-10(19)6-13(12)20/h2-7,9H,8H2,1H3/t9-/m0/s1. The normalized spacial score (nSPS) is 15.4. The Balaban J connectivity index is 1.65. The lowest BCUT2D eigenvalue weighted by Crippen LogP contribution is -2.22. The van der Waals surface area contributed by atoms with Crippen LogP contribution < -0.4 is 0 Å². The summed E-state index contributed by atoms with van der Waals surface area (Å²) in [5, 5.41) is 18.2. The summed E-state index contributed by atoms with van der Waals surface area (Å²) in [5.74, 6) is 1.95. The molecule has 4 heterocycles. The van der Waals surface area contributed by atoms with E-state index in [0.717, 1.165) is 11.8 Å². The number of halogens is 3. The van der Waals surface area contributed by atoms with Gasteiger partial charge in [0.1, 0.15) is 11.5 Å². The lowest BCUT2D eigenvalue weighted by Gasteiger charge is -2.24. The maximum absolute atomic E-state index is 13.2. The van der Waals surface area contributed by atoms with Crippen LogP contribution in [0.2, 0.25) is 10.0 Å². The number of nitrogens with zero attached hydrogens (tertiary/aromatic N) is 7. The second-order valence-corrected chi connectivity index (χ2v) is 7.35. The average molecular weight is 416 g/mol. The minimum Gasteiger partial charge on any atom is -0.301 e. The Morgan fingerprint density at radius 1 is 0.964 bits per heavy atom. The van der Waals surface area contributed by atoms with Crippen molar-refractivity contribution in [1.29, 1.82) is 0 Å². The molecule has 7 nitrogen and oxygen atoms in total. The molecule has 0 N–H and O–H groups in total. The van der Waals surface area contributed by atoms with Gasteiger partial charge in [0.2, 0.25) is 11.6 Å². The van der Waals surface area contributed by atoms with Crippen LogP contribution >= 0.6 is 23.2 Å². The summed E-state index contributed by atoms with van der Waals surface area (Å²) in [7, 11) is 0. The van der Waals surface area contributed by atoms with Crippen molar-refractivity contribution in [1.82, 2.24) is 34.5 Å². The Bertz CT molecular complexity index is 1200. The molecule has 10 heteroatoms. The molecule has 0 saturated carbocycles. The van der Waals surface area contributed by atoms with Crippen LogP contribution in [-0.4, -0.2) is 34.5 Å². The third kappa shape index (κ3) is 2.60. The lowest BCUT2D eigenvalue weighted by molar-refractivity contribution is 0.450. The first kappa shape index (κ1) is 17.3. The minimum atomic E-state index is -0.403. The van der Waals surface area contributed by atoms with Gasteiger partial charge in [-0.1, -0.05) is 23.2 Å². The van der Waals surface area contributed by atoms with Gasteiger partial charge in [-0.05, 0) is 37.3 Å². The van der Waals surface area contributed by atoms with E-state index >= 15 is 0 Å². The first-order chi connectivity index (χ1) is 13.5. The van der Waals surface area contributed by atoms with E-state index in [-0.39, 0.29) is 6.04 Å². The van der Waals surface area contributed by atoms with Crippen molar-refractivity contribution in [3.05, 3.63) is 52.4 Å². The molecule has 0 radical (unpaired) electrons. The highest BCUT2D eigenvalue weighted by Crippen LogP contribution is 2.37. The number of fused-ring (bicyclic) bond motifs is 3. The molecular weight excluding hydrogens is 404 g/mol. The van der Waals surface area contributed by atoms with E-state index in [9.17, 15) is 4.39 Å². The molecule has 0 bridgehead atoms. The van der Waals surface area contributed by atoms with Gasteiger partial charge in [-0.2, -0.15) is 0 Å². The number of benzene rings is 1. The highest BCUT2D eigenvalue weighted by Gasteiger charge is 2.31. The lowest BCUT2D eigenvalue weighted by atomic mass is 10.1. The van der Waals surface area contributed by atoms with Crippen molar-refractivity contribution in [3.63, 3.8) is 0 Å². The summed E-state index contributed by atoms with van der Waals surface area (Å²) in [4.78, 5) is 4.11. The molecule has 28 heavy (non-hydrogen) atoms. The van der Waals surface area contributed by atoms with Crippen LogP contribution in [0.3, 0.4) is 0 Å². The zero-order chi connectivity index (χ0) is 19.4. The Morgan fingerprint density at radius 2 is 1.71 bits per heavy atom. The first-order valence-electron chi connectivity index (χ1n) is 8.49. The van der Waals surface area contributed by atoms with Crippen LogP contribution in [0, 0.1) is 5.82 Å². The highest BCUT2D eigenvalue weighted by molar-refractivity contribution is 6.36. The maximum atomic E-state index is 13.2. The Kier molecular flexibility index (Phi) is 3.92. The molecular formula is C18H12Cl2FN7. The summed E-state index contributed by atoms with van der Waals surface area (Å²) < 4.78 is 17.1. The number of pyridine rings is 1. The van der Waals surface area contributed by atoms with Crippen molar-refractivity contribution in [2.75, 3.05) is 0 Å².